The number of rotatable bonds is 46. The van der Waals surface area contributed by atoms with E-state index in [-0.39, 0.29) is 6.61 Å². The number of nitrogens with one attached hydrogen (secondary N) is 1. The summed E-state index contributed by atoms with van der Waals surface area (Å²) in [6.07, 6.45) is 21.7. The molecule has 1 amide bonds. The maximum atomic E-state index is 11.7. The summed E-state index contributed by atoms with van der Waals surface area (Å²) in [5.41, 5.74) is 0.942. The van der Waals surface area contributed by atoms with Crippen LogP contribution in [0, 0.1) is 0 Å². The van der Waals surface area contributed by atoms with Crippen molar-refractivity contribution in [1.82, 2.24) is 5.32 Å². The number of carbonyl (C=O) groups excluding carboxylic acids is 1. The number of ether oxygens (including phenoxy) is 10. The summed E-state index contributed by atoms with van der Waals surface area (Å²) in [6.45, 7) is 12.5. The van der Waals surface area contributed by atoms with Gasteiger partial charge in [0, 0.05) is 13.2 Å². The Morgan fingerprint density at radius 3 is 1.05 bits per heavy atom. The van der Waals surface area contributed by atoms with Crippen molar-refractivity contribution >= 4 is 6.09 Å². The minimum absolute atomic E-state index is 0.242. The number of alkyl carbamates (subject to hydrolysis) is 1. The number of hydrogen-bond donors (Lipinski definition) is 1. The molecule has 0 saturated carbocycles. The first-order valence-electron chi connectivity index (χ1n) is 22.0. The largest absolute Gasteiger partial charge is 0.445 e. The Labute approximate surface area is 340 Å². The Balaban J connectivity index is 1.61. The number of hydrogen-bond acceptors (Lipinski definition) is 11. The van der Waals surface area contributed by atoms with Crippen molar-refractivity contribution in [3.8, 4) is 0 Å². The summed E-state index contributed by atoms with van der Waals surface area (Å²) in [6, 6.07) is 9.53. The molecule has 0 aliphatic carbocycles. The van der Waals surface area contributed by atoms with Crippen LogP contribution in [0.3, 0.4) is 0 Å². The molecular weight excluding hydrogens is 718 g/mol. The highest BCUT2D eigenvalue weighted by Crippen LogP contribution is 2.13. The Kier molecular flexibility index (Phi) is 42.7. The molecule has 12 nitrogen and oxygen atoms in total. The molecule has 1 aromatic carbocycles. The van der Waals surface area contributed by atoms with Crippen LogP contribution in [0.25, 0.3) is 0 Å². The first-order valence-corrected chi connectivity index (χ1v) is 22.0. The zero-order chi connectivity index (χ0) is 39.9. The molecule has 1 aromatic rings. The highest BCUT2D eigenvalue weighted by Gasteiger charge is 2.02. The lowest BCUT2D eigenvalue weighted by atomic mass is 10.0. The lowest BCUT2D eigenvalue weighted by Crippen LogP contribution is -2.28. The quantitative estimate of drug-likeness (QED) is 0.0641. The van der Waals surface area contributed by atoms with Gasteiger partial charge in [-0.2, -0.15) is 0 Å². The standard InChI is InChI=1S/C44H81NO11/c1-2-3-4-5-6-7-8-9-10-11-12-13-14-15-16-20-24-47-26-28-49-30-32-51-34-36-53-38-40-55-41-39-54-37-35-52-33-31-50-29-27-48-25-23-45-44(46)56-42-43-21-18-17-19-22-43/h17-19,21-22H,2-16,20,23-42H2,1H3,(H,45,46). The van der Waals surface area contributed by atoms with Crippen LogP contribution in [-0.2, 0) is 54.0 Å². The molecule has 328 valence electrons. The Hall–Kier alpha value is -1.87. The highest BCUT2D eigenvalue weighted by molar-refractivity contribution is 5.67. The predicted molar refractivity (Wildman–Crippen MR) is 222 cm³/mol. The van der Waals surface area contributed by atoms with E-state index in [1.54, 1.807) is 0 Å². The molecular formula is C44H81NO11. The van der Waals surface area contributed by atoms with Crippen LogP contribution in [0.2, 0.25) is 0 Å². The molecule has 1 rings (SSSR count). The van der Waals surface area contributed by atoms with E-state index in [9.17, 15) is 4.79 Å². The van der Waals surface area contributed by atoms with E-state index in [0.717, 1.165) is 18.6 Å². The molecule has 0 bridgehead atoms. The molecule has 0 aromatic heterocycles. The topological polar surface area (TPSA) is 121 Å². The first kappa shape index (κ1) is 52.1. The van der Waals surface area contributed by atoms with Crippen LogP contribution in [-0.4, -0.2) is 132 Å². The van der Waals surface area contributed by atoms with Crippen LogP contribution >= 0.6 is 0 Å². The van der Waals surface area contributed by atoms with Gasteiger partial charge in [0.15, 0.2) is 0 Å². The van der Waals surface area contributed by atoms with E-state index in [1.807, 2.05) is 30.3 Å². The summed E-state index contributed by atoms with van der Waals surface area (Å²) in [4.78, 5) is 11.7. The zero-order valence-corrected chi connectivity index (χ0v) is 35.3. The SMILES string of the molecule is CCCCCCCCCCCCCCCCCCOCCOCCOCCOCCOCCOCCOCCOCCOCCNC(=O)OCc1ccccc1. The fourth-order valence-electron chi connectivity index (χ4n) is 5.61. The maximum Gasteiger partial charge on any atom is 0.407 e. The van der Waals surface area contributed by atoms with Gasteiger partial charge in [-0.15, -0.1) is 0 Å². The van der Waals surface area contributed by atoms with Gasteiger partial charge in [-0.3, -0.25) is 0 Å². The Morgan fingerprint density at radius 1 is 0.393 bits per heavy atom. The van der Waals surface area contributed by atoms with Gasteiger partial charge >= 0.3 is 6.09 Å². The minimum atomic E-state index is -0.464. The van der Waals surface area contributed by atoms with Crippen molar-refractivity contribution in [2.45, 2.75) is 116 Å². The molecule has 0 heterocycles. The molecule has 0 fully saturated rings. The van der Waals surface area contributed by atoms with Gasteiger partial charge in [0.25, 0.3) is 0 Å². The van der Waals surface area contributed by atoms with E-state index < -0.39 is 6.09 Å². The third-order valence-corrected chi connectivity index (χ3v) is 8.85. The normalized spacial score (nSPS) is 11.4. The smallest absolute Gasteiger partial charge is 0.407 e. The van der Waals surface area contributed by atoms with Gasteiger partial charge in [-0.25, -0.2) is 4.79 Å². The van der Waals surface area contributed by atoms with E-state index in [4.69, 9.17) is 47.4 Å². The van der Waals surface area contributed by atoms with Crippen molar-refractivity contribution in [2.75, 3.05) is 125 Å². The molecule has 0 aliphatic heterocycles. The van der Waals surface area contributed by atoms with E-state index >= 15 is 0 Å². The fraction of sp³-hybridized carbons (Fsp3) is 0.841. The molecule has 0 atom stereocenters. The van der Waals surface area contributed by atoms with Crippen molar-refractivity contribution in [2.24, 2.45) is 0 Å². The second-order valence-corrected chi connectivity index (χ2v) is 13.8. The van der Waals surface area contributed by atoms with E-state index in [0.29, 0.717) is 119 Å². The van der Waals surface area contributed by atoms with Crippen LogP contribution in [0.4, 0.5) is 4.79 Å². The van der Waals surface area contributed by atoms with E-state index in [1.165, 1.54) is 96.3 Å². The zero-order valence-electron chi connectivity index (χ0n) is 35.3. The number of amides is 1. The second-order valence-electron chi connectivity index (χ2n) is 13.8. The molecule has 0 unspecified atom stereocenters. The molecule has 56 heavy (non-hydrogen) atoms. The molecule has 0 aliphatic rings. The lowest BCUT2D eigenvalue weighted by molar-refractivity contribution is -0.0249. The average Bonchev–Trinajstić information content (AvgIpc) is 3.22. The van der Waals surface area contributed by atoms with Crippen LogP contribution in [0.1, 0.15) is 115 Å². The van der Waals surface area contributed by atoms with Crippen molar-refractivity contribution < 1.29 is 52.2 Å². The van der Waals surface area contributed by atoms with Crippen molar-refractivity contribution in [3.63, 3.8) is 0 Å². The summed E-state index contributed by atoms with van der Waals surface area (Å²) in [5, 5.41) is 2.65. The van der Waals surface area contributed by atoms with Gasteiger partial charge in [0.1, 0.15) is 6.61 Å². The third kappa shape index (κ3) is 41.8. The molecule has 0 radical (unpaired) electrons. The number of unbranched alkanes of at least 4 members (excludes halogenated alkanes) is 15. The predicted octanol–water partition coefficient (Wildman–Crippen LogP) is 8.32. The van der Waals surface area contributed by atoms with E-state index in [2.05, 4.69) is 12.2 Å². The Bertz CT molecular complexity index is 899. The summed E-state index contributed by atoms with van der Waals surface area (Å²) in [5.74, 6) is 0. The third-order valence-electron chi connectivity index (χ3n) is 8.85. The van der Waals surface area contributed by atoms with Crippen LogP contribution < -0.4 is 5.32 Å². The molecule has 1 N–H and O–H groups in total. The molecule has 12 heteroatoms. The number of carbonyl (C=O) groups is 1. The summed E-state index contributed by atoms with van der Waals surface area (Å²) >= 11 is 0. The van der Waals surface area contributed by atoms with Gasteiger partial charge < -0.3 is 52.7 Å². The van der Waals surface area contributed by atoms with Gasteiger partial charge in [-0.05, 0) is 12.0 Å². The van der Waals surface area contributed by atoms with Gasteiger partial charge in [-0.1, -0.05) is 134 Å². The van der Waals surface area contributed by atoms with Crippen molar-refractivity contribution in [1.29, 1.82) is 0 Å². The maximum absolute atomic E-state index is 11.7. The minimum Gasteiger partial charge on any atom is -0.445 e. The second kappa shape index (κ2) is 45.8. The number of benzene rings is 1. The summed E-state index contributed by atoms with van der Waals surface area (Å²) < 4.78 is 54.9. The average molecular weight is 800 g/mol. The monoisotopic (exact) mass is 800 g/mol. The van der Waals surface area contributed by atoms with Gasteiger partial charge in [0.05, 0.1) is 112 Å². The van der Waals surface area contributed by atoms with Crippen LogP contribution in [0.5, 0.6) is 0 Å². The first-order chi connectivity index (χ1) is 27.8. The van der Waals surface area contributed by atoms with Gasteiger partial charge in [0.2, 0.25) is 0 Å². The fourth-order valence-corrected chi connectivity index (χ4v) is 5.61. The highest BCUT2D eigenvalue weighted by atomic mass is 16.6. The lowest BCUT2D eigenvalue weighted by Gasteiger charge is -2.09. The Morgan fingerprint density at radius 2 is 0.696 bits per heavy atom. The van der Waals surface area contributed by atoms with Crippen molar-refractivity contribution in [3.05, 3.63) is 35.9 Å². The molecule has 0 saturated heterocycles. The van der Waals surface area contributed by atoms with Crippen LogP contribution in [0.15, 0.2) is 30.3 Å². The summed E-state index contributed by atoms with van der Waals surface area (Å²) in [7, 11) is 0. The molecule has 0 spiro atoms.